The Labute approximate surface area is 115 Å². The van der Waals surface area contributed by atoms with Crippen LogP contribution in [0.1, 0.15) is 19.3 Å². The van der Waals surface area contributed by atoms with Crippen LogP contribution in [0.2, 0.25) is 0 Å². The first-order valence-electron chi connectivity index (χ1n) is 6.36. The highest BCUT2D eigenvalue weighted by Crippen LogP contribution is 2.26. The van der Waals surface area contributed by atoms with Gasteiger partial charge >= 0.3 is 0 Å². The van der Waals surface area contributed by atoms with Gasteiger partial charge in [0.15, 0.2) is 0 Å². The summed E-state index contributed by atoms with van der Waals surface area (Å²) in [5.41, 5.74) is 1.09. The van der Waals surface area contributed by atoms with Gasteiger partial charge < -0.3 is 10.4 Å². The molecule has 2 atom stereocenters. The van der Waals surface area contributed by atoms with Gasteiger partial charge in [-0.25, -0.2) is 0 Å². The first kappa shape index (κ1) is 12.0. The Kier molecular flexibility index (Phi) is 3.27. The zero-order valence-electron chi connectivity index (χ0n) is 10.1. The fourth-order valence-electron chi connectivity index (χ4n) is 2.63. The largest absolute Gasteiger partial charge is 0.391 e. The molecule has 3 heteroatoms. The van der Waals surface area contributed by atoms with Crippen molar-refractivity contribution in [3.63, 3.8) is 0 Å². The number of aliphatic hydroxyl groups is 1. The zero-order valence-corrected chi connectivity index (χ0v) is 11.7. The van der Waals surface area contributed by atoms with Crippen LogP contribution < -0.4 is 5.32 Å². The molecular formula is C15H16BrNO. The number of halogens is 1. The molecule has 94 valence electrons. The second-order valence-electron chi connectivity index (χ2n) is 4.96. The zero-order chi connectivity index (χ0) is 12.5. The molecule has 0 aromatic heterocycles. The molecule has 0 aliphatic heterocycles. The van der Waals surface area contributed by atoms with Crippen molar-refractivity contribution in [1.82, 2.24) is 0 Å². The van der Waals surface area contributed by atoms with Gasteiger partial charge in [0.1, 0.15) is 0 Å². The highest BCUT2D eigenvalue weighted by atomic mass is 79.9. The Morgan fingerprint density at radius 2 is 1.83 bits per heavy atom. The van der Waals surface area contributed by atoms with Crippen molar-refractivity contribution < 1.29 is 5.11 Å². The summed E-state index contributed by atoms with van der Waals surface area (Å²) < 4.78 is 1.10. The number of benzene rings is 2. The van der Waals surface area contributed by atoms with E-state index in [0.29, 0.717) is 0 Å². The maximum Gasteiger partial charge on any atom is 0.0741 e. The molecule has 1 aliphatic carbocycles. The third-order valence-electron chi connectivity index (χ3n) is 3.63. The molecule has 1 saturated carbocycles. The van der Waals surface area contributed by atoms with Crippen LogP contribution in [-0.4, -0.2) is 17.3 Å². The summed E-state index contributed by atoms with van der Waals surface area (Å²) in [7, 11) is 0. The summed E-state index contributed by atoms with van der Waals surface area (Å²) in [6, 6.07) is 12.8. The number of fused-ring (bicyclic) bond motifs is 1. The molecule has 0 amide bonds. The third-order valence-corrected chi connectivity index (χ3v) is 4.13. The predicted molar refractivity (Wildman–Crippen MR) is 78.9 cm³/mol. The standard InChI is InChI=1S/C15H16BrNO/c16-12-6-4-11-9-13(7-5-10(11)8-12)17-14-2-1-3-15(14)18/h4-9,14-15,17-18H,1-3H2/t14-,15-/m1/s1. The third kappa shape index (κ3) is 2.38. The topological polar surface area (TPSA) is 32.3 Å². The lowest BCUT2D eigenvalue weighted by Crippen LogP contribution is -2.27. The lowest BCUT2D eigenvalue weighted by atomic mass is 10.1. The molecule has 0 bridgehead atoms. The SMILES string of the molecule is O[C@@H]1CCC[C@H]1Nc1ccc2cc(Br)ccc2c1. The Morgan fingerprint density at radius 1 is 1.06 bits per heavy atom. The van der Waals surface area contributed by atoms with E-state index in [1.165, 1.54) is 10.8 Å². The summed E-state index contributed by atoms with van der Waals surface area (Å²) in [5, 5.41) is 15.7. The first-order chi connectivity index (χ1) is 8.72. The lowest BCUT2D eigenvalue weighted by Gasteiger charge is -2.18. The fourth-order valence-corrected chi connectivity index (χ4v) is 3.01. The van der Waals surface area contributed by atoms with E-state index in [0.717, 1.165) is 29.4 Å². The molecule has 2 aromatic rings. The summed E-state index contributed by atoms with van der Waals surface area (Å²) in [6.45, 7) is 0. The fraction of sp³-hybridized carbons (Fsp3) is 0.333. The summed E-state index contributed by atoms with van der Waals surface area (Å²) >= 11 is 3.48. The van der Waals surface area contributed by atoms with E-state index in [4.69, 9.17) is 0 Å². The molecule has 3 rings (SSSR count). The van der Waals surface area contributed by atoms with Gasteiger partial charge in [-0.2, -0.15) is 0 Å². The van der Waals surface area contributed by atoms with E-state index >= 15 is 0 Å². The Hall–Kier alpha value is -1.06. The van der Waals surface area contributed by atoms with Gasteiger partial charge in [-0.3, -0.25) is 0 Å². The summed E-state index contributed by atoms with van der Waals surface area (Å²) in [6.07, 6.45) is 2.88. The lowest BCUT2D eigenvalue weighted by molar-refractivity contribution is 0.172. The molecule has 18 heavy (non-hydrogen) atoms. The van der Waals surface area contributed by atoms with Gasteiger partial charge in [0, 0.05) is 10.2 Å². The predicted octanol–water partition coefficient (Wildman–Crippen LogP) is 3.93. The van der Waals surface area contributed by atoms with Gasteiger partial charge in [-0.15, -0.1) is 0 Å². The van der Waals surface area contributed by atoms with E-state index in [2.05, 4.69) is 57.6 Å². The Morgan fingerprint density at radius 3 is 2.61 bits per heavy atom. The van der Waals surface area contributed by atoms with E-state index < -0.39 is 0 Å². The Balaban J connectivity index is 1.86. The molecule has 0 spiro atoms. The minimum Gasteiger partial charge on any atom is -0.391 e. The highest BCUT2D eigenvalue weighted by molar-refractivity contribution is 9.10. The molecule has 2 nitrogen and oxygen atoms in total. The van der Waals surface area contributed by atoms with Crippen LogP contribution in [0.25, 0.3) is 10.8 Å². The van der Waals surface area contributed by atoms with E-state index in [1.54, 1.807) is 0 Å². The number of aliphatic hydroxyl groups excluding tert-OH is 1. The van der Waals surface area contributed by atoms with Gasteiger partial charge in [0.2, 0.25) is 0 Å². The average Bonchev–Trinajstić information content (AvgIpc) is 2.75. The molecule has 0 saturated heterocycles. The monoisotopic (exact) mass is 305 g/mol. The molecule has 0 radical (unpaired) electrons. The quantitative estimate of drug-likeness (QED) is 0.881. The van der Waals surface area contributed by atoms with Crippen molar-refractivity contribution in [1.29, 1.82) is 0 Å². The molecule has 2 N–H and O–H groups in total. The second kappa shape index (κ2) is 4.90. The molecule has 0 heterocycles. The highest BCUT2D eigenvalue weighted by Gasteiger charge is 2.24. The maximum absolute atomic E-state index is 9.83. The normalized spacial score (nSPS) is 23.4. The number of nitrogens with one attached hydrogen (secondary N) is 1. The minimum absolute atomic E-state index is 0.203. The molecule has 2 aromatic carbocycles. The number of rotatable bonds is 2. The smallest absolute Gasteiger partial charge is 0.0741 e. The van der Waals surface area contributed by atoms with Crippen LogP contribution in [0.5, 0.6) is 0 Å². The van der Waals surface area contributed by atoms with Crippen LogP contribution in [0.3, 0.4) is 0 Å². The van der Waals surface area contributed by atoms with Crippen molar-refractivity contribution in [3.05, 3.63) is 40.9 Å². The van der Waals surface area contributed by atoms with Crippen molar-refractivity contribution in [2.24, 2.45) is 0 Å². The maximum atomic E-state index is 9.83. The first-order valence-corrected chi connectivity index (χ1v) is 7.15. The van der Waals surface area contributed by atoms with Gasteiger partial charge in [-0.05, 0) is 54.3 Å². The van der Waals surface area contributed by atoms with Gasteiger partial charge in [0.25, 0.3) is 0 Å². The summed E-state index contributed by atoms with van der Waals surface area (Å²) in [5.74, 6) is 0. The van der Waals surface area contributed by atoms with Crippen LogP contribution in [0, 0.1) is 0 Å². The van der Waals surface area contributed by atoms with Crippen LogP contribution in [-0.2, 0) is 0 Å². The summed E-state index contributed by atoms with van der Waals surface area (Å²) in [4.78, 5) is 0. The van der Waals surface area contributed by atoms with Crippen LogP contribution in [0.15, 0.2) is 40.9 Å². The van der Waals surface area contributed by atoms with Crippen molar-refractivity contribution in [3.8, 4) is 0 Å². The molecule has 1 fully saturated rings. The molecular weight excluding hydrogens is 290 g/mol. The van der Waals surface area contributed by atoms with Crippen LogP contribution in [0.4, 0.5) is 5.69 Å². The second-order valence-corrected chi connectivity index (χ2v) is 5.87. The number of anilines is 1. The van der Waals surface area contributed by atoms with Crippen molar-refractivity contribution >= 4 is 32.4 Å². The Bertz CT molecular complexity index is 569. The number of hydrogen-bond donors (Lipinski definition) is 2. The molecule has 1 aliphatic rings. The van der Waals surface area contributed by atoms with Gasteiger partial charge in [0.05, 0.1) is 12.1 Å². The van der Waals surface area contributed by atoms with Crippen molar-refractivity contribution in [2.45, 2.75) is 31.4 Å². The van der Waals surface area contributed by atoms with Gasteiger partial charge in [-0.1, -0.05) is 28.1 Å². The van der Waals surface area contributed by atoms with E-state index in [1.807, 2.05) is 0 Å². The van der Waals surface area contributed by atoms with Crippen molar-refractivity contribution in [2.75, 3.05) is 5.32 Å². The number of hydrogen-bond acceptors (Lipinski definition) is 2. The van der Waals surface area contributed by atoms with E-state index in [9.17, 15) is 5.11 Å². The molecule has 0 unspecified atom stereocenters. The average molecular weight is 306 g/mol. The van der Waals surface area contributed by atoms with E-state index in [-0.39, 0.29) is 12.1 Å². The minimum atomic E-state index is -0.203. The van der Waals surface area contributed by atoms with Crippen LogP contribution >= 0.6 is 15.9 Å².